The van der Waals surface area contributed by atoms with Crippen LogP contribution in [0.5, 0.6) is 5.75 Å². The van der Waals surface area contributed by atoms with Gasteiger partial charge in [-0.2, -0.15) is 0 Å². The Kier molecular flexibility index (Phi) is 5.41. The van der Waals surface area contributed by atoms with Crippen LogP contribution in [-0.4, -0.2) is 36.2 Å². The van der Waals surface area contributed by atoms with Crippen molar-refractivity contribution in [1.29, 1.82) is 0 Å². The van der Waals surface area contributed by atoms with Crippen LogP contribution in [0.25, 0.3) is 0 Å². The van der Waals surface area contributed by atoms with Crippen molar-refractivity contribution in [1.82, 2.24) is 4.90 Å². The molecule has 2 aromatic rings. The van der Waals surface area contributed by atoms with Crippen molar-refractivity contribution in [3.05, 3.63) is 52.4 Å². The number of hydrogen-bond donors (Lipinski definition) is 1. The van der Waals surface area contributed by atoms with Crippen molar-refractivity contribution in [3.8, 4) is 5.75 Å². The maximum atomic E-state index is 12.4. The van der Waals surface area contributed by atoms with E-state index in [0.717, 1.165) is 5.56 Å². The number of aliphatic hydroxyl groups is 1. The van der Waals surface area contributed by atoms with E-state index in [2.05, 4.69) is 15.9 Å². The van der Waals surface area contributed by atoms with E-state index in [1.54, 1.807) is 19.2 Å². The summed E-state index contributed by atoms with van der Waals surface area (Å²) in [5.41, 5.74) is 0.868. The second-order valence-corrected chi connectivity index (χ2v) is 5.15. The van der Waals surface area contributed by atoms with Gasteiger partial charge in [-0.25, -0.2) is 0 Å². The quantitative estimate of drug-likeness (QED) is 0.867. The predicted molar refractivity (Wildman–Crippen MR) is 81.2 cm³/mol. The molecule has 0 radical (unpaired) electrons. The number of benzene rings is 1. The Bertz CT molecular complexity index is 611. The molecule has 0 atom stereocenters. The number of methoxy groups -OCH3 is 1. The van der Waals surface area contributed by atoms with Crippen molar-refractivity contribution in [2.75, 3.05) is 20.3 Å². The third-order valence-corrected chi connectivity index (χ3v) is 3.42. The molecule has 1 amide bonds. The Morgan fingerprint density at radius 3 is 2.71 bits per heavy atom. The molecule has 0 saturated carbocycles. The van der Waals surface area contributed by atoms with Gasteiger partial charge in [0.1, 0.15) is 5.75 Å². The summed E-state index contributed by atoms with van der Waals surface area (Å²) in [6, 6.07) is 10.7. The van der Waals surface area contributed by atoms with E-state index in [9.17, 15) is 9.90 Å². The molecule has 0 unspecified atom stereocenters. The van der Waals surface area contributed by atoms with E-state index in [1.807, 2.05) is 24.3 Å². The molecule has 112 valence electrons. The number of carbonyl (C=O) groups is 1. The SMILES string of the molecule is COc1ccccc1CN(CCO)C(=O)c1ccc(Br)o1. The molecule has 0 aliphatic heterocycles. The molecule has 0 saturated heterocycles. The first kappa shape index (κ1) is 15.6. The van der Waals surface area contributed by atoms with Gasteiger partial charge in [-0.15, -0.1) is 0 Å². The van der Waals surface area contributed by atoms with Gasteiger partial charge in [0.25, 0.3) is 5.91 Å². The summed E-state index contributed by atoms with van der Waals surface area (Å²) in [4.78, 5) is 13.9. The van der Waals surface area contributed by atoms with Crippen molar-refractivity contribution in [2.45, 2.75) is 6.54 Å². The van der Waals surface area contributed by atoms with Gasteiger partial charge in [0.05, 0.1) is 13.7 Å². The van der Waals surface area contributed by atoms with Crippen LogP contribution in [0.1, 0.15) is 16.1 Å². The third-order valence-electron chi connectivity index (χ3n) is 2.99. The Morgan fingerprint density at radius 2 is 2.10 bits per heavy atom. The highest BCUT2D eigenvalue weighted by atomic mass is 79.9. The molecule has 2 rings (SSSR count). The summed E-state index contributed by atoms with van der Waals surface area (Å²) in [5, 5.41) is 9.18. The zero-order valence-corrected chi connectivity index (χ0v) is 13.2. The van der Waals surface area contributed by atoms with Gasteiger partial charge in [-0.3, -0.25) is 4.79 Å². The summed E-state index contributed by atoms with van der Waals surface area (Å²) >= 11 is 3.17. The first-order chi connectivity index (χ1) is 10.2. The van der Waals surface area contributed by atoms with Crippen LogP contribution < -0.4 is 4.74 Å². The molecule has 1 aromatic heterocycles. The fourth-order valence-corrected chi connectivity index (χ4v) is 2.30. The van der Waals surface area contributed by atoms with Crippen molar-refractivity contribution in [2.24, 2.45) is 0 Å². The molecule has 1 aromatic carbocycles. The fraction of sp³-hybridized carbons (Fsp3) is 0.267. The maximum absolute atomic E-state index is 12.4. The lowest BCUT2D eigenvalue weighted by Crippen LogP contribution is -2.33. The number of amides is 1. The van der Waals surface area contributed by atoms with Crippen molar-refractivity contribution >= 4 is 21.8 Å². The molecule has 0 aliphatic rings. The third kappa shape index (κ3) is 3.86. The smallest absolute Gasteiger partial charge is 0.289 e. The van der Waals surface area contributed by atoms with Crippen molar-refractivity contribution in [3.63, 3.8) is 0 Å². The first-order valence-electron chi connectivity index (χ1n) is 6.43. The highest BCUT2D eigenvalue weighted by Gasteiger charge is 2.20. The molecule has 6 heteroatoms. The molecule has 21 heavy (non-hydrogen) atoms. The highest BCUT2D eigenvalue weighted by molar-refractivity contribution is 9.10. The molecule has 0 aliphatic carbocycles. The van der Waals surface area contributed by atoms with E-state index >= 15 is 0 Å². The number of furan rings is 1. The average Bonchev–Trinajstić information content (AvgIpc) is 2.93. The summed E-state index contributed by atoms with van der Waals surface area (Å²) < 4.78 is 11.1. The molecule has 0 spiro atoms. The molecule has 1 N–H and O–H groups in total. The number of carbonyl (C=O) groups excluding carboxylic acids is 1. The second kappa shape index (κ2) is 7.28. The monoisotopic (exact) mass is 353 g/mol. The van der Waals surface area contributed by atoms with E-state index in [0.29, 0.717) is 17.0 Å². The number of hydrogen-bond acceptors (Lipinski definition) is 4. The molecule has 5 nitrogen and oxygen atoms in total. The van der Waals surface area contributed by atoms with E-state index in [4.69, 9.17) is 9.15 Å². The lowest BCUT2D eigenvalue weighted by molar-refractivity contribution is 0.0673. The number of para-hydroxylation sites is 1. The van der Waals surface area contributed by atoms with Crippen LogP contribution in [0.4, 0.5) is 0 Å². The summed E-state index contributed by atoms with van der Waals surface area (Å²) in [6.45, 7) is 0.430. The summed E-state index contributed by atoms with van der Waals surface area (Å²) in [7, 11) is 1.58. The van der Waals surface area contributed by atoms with Gasteiger partial charge in [-0.05, 0) is 34.1 Å². The molecular formula is C15H16BrNO4. The molecular weight excluding hydrogens is 338 g/mol. The summed E-state index contributed by atoms with van der Waals surface area (Å²) in [5.74, 6) is 0.653. The minimum absolute atomic E-state index is 0.122. The van der Waals surface area contributed by atoms with Gasteiger partial charge in [-0.1, -0.05) is 18.2 Å². The highest BCUT2D eigenvalue weighted by Crippen LogP contribution is 2.21. The maximum Gasteiger partial charge on any atom is 0.289 e. The van der Waals surface area contributed by atoms with Gasteiger partial charge in [0, 0.05) is 18.7 Å². The van der Waals surface area contributed by atoms with E-state index < -0.39 is 0 Å². The molecule has 1 heterocycles. The minimum atomic E-state index is -0.277. The minimum Gasteiger partial charge on any atom is -0.496 e. The summed E-state index contributed by atoms with van der Waals surface area (Å²) in [6.07, 6.45) is 0. The first-order valence-corrected chi connectivity index (χ1v) is 7.22. The molecule has 0 fully saturated rings. The van der Waals surface area contributed by atoms with Gasteiger partial charge in [0.2, 0.25) is 0 Å². The van der Waals surface area contributed by atoms with E-state index in [-0.39, 0.29) is 24.8 Å². The number of halogens is 1. The Labute approximate surface area is 131 Å². The number of ether oxygens (including phenoxy) is 1. The number of aliphatic hydroxyl groups excluding tert-OH is 1. The number of nitrogens with zero attached hydrogens (tertiary/aromatic N) is 1. The van der Waals surface area contributed by atoms with E-state index in [1.165, 1.54) is 4.90 Å². The van der Waals surface area contributed by atoms with Crippen molar-refractivity contribution < 1.29 is 19.1 Å². The number of rotatable bonds is 6. The van der Waals surface area contributed by atoms with Crippen LogP contribution in [0.3, 0.4) is 0 Å². The van der Waals surface area contributed by atoms with Crippen LogP contribution in [0.15, 0.2) is 45.5 Å². The average molecular weight is 354 g/mol. The largest absolute Gasteiger partial charge is 0.496 e. The lowest BCUT2D eigenvalue weighted by atomic mass is 10.2. The zero-order valence-electron chi connectivity index (χ0n) is 11.6. The zero-order chi connectivity index (χ0) is 15.2. The van der Waals surface area contributed by atoms with Crippen LogP contribution >= 0.6 is 15.9 Å². The Morgan fingerprint density at radius 1 is 1.33 bits per heavy atom. The van der Waals surface area contributed by atoms with Crippen LogP contribution in [0, 0.1) is 0 Å². The van der Waals surface area contributed by atoms with Gasteiger partial charge < -0.3 is 19.2 Å². The molecule has 0 bridgehead atoms. The predicted octanol–water partition coefficient (Wildman–Crippen LogP) is 2.69. The van der Waals surface area contributed by atoms with Gasteiger partial charge >= 0.3 is 0 Å². The topological polar surface area (TPSA) is 62.9 Å². The van der Waals surface area contributed by atoms with Crippen LogP contribution in [-0.2, 0) is 6.54 Å². The Balaban J connectivity index is 2.21. The second-order valence-electron chi connectivity index (χ2n) is 4.37. The Hall–Kier alpha value is -1.79. The lowest BCUT2D eigenvalue weighted by Gasteiger charge is -2.21. The standard InChI is InChI=1S/C15H16BrNO4/c1-20-12-5-3-2-4-11(12)10-17(8-9-18)15(19)13-6-7-14(16)21-13/h2-7,18H,8-10H2,1H3. The van der Waals surface area contributed by atoms with Crippen LogP contribution in [0.2, 0.25) is 0 Å². The van der Waals surface area contributed by atoms with Gasteiger partial charge in [0.15, 0.2) is 10.4 Å². The fourth-order valence-electron chi connectivity index (χ4n) is 2.00. The normalized spacial score (nSPS) is 10.4.